The quantitative estimate of drug-likeness (QED) is 0.754. The van der Waals surface area contributed by atoms with E-state index in [1.807, 2.05) is 11.6 Å². The van der Waals surface area contributed by atoms with Crippen molar-refractivity contribution in [2.75, 3.05) is 17.3 Å². The van der Waals surface area contributed by atoms with Gasteiger partial charge in [-0.15, -0.1) is 22.9 Å². The van der Waals surface area contributed by atoms with E-state index in [-0.39, 0.29) is 0 Å². The van der Waals surface area contributed by atoms with Crippen molar-refractivity contribution in [3.63, 3.8) is 0 Å². The molecule has 1 aliphatic rings. The van der Waals surface area contributed by atoms with Crippen molar-refractivity contribution in [2.45, 2.75) is 38.1 Å². The van der Waals surface area contributed by atoms with Crippen molar-refractivity contribution >= 4 is 28.1 Å². The molecule has 0 unspecified atom stereocenters. The van der Waals surface area contributed by atoms with Gasteiger partial charge in [-0.2, -0.15) is 0 Å². The first-order valence-corrected chi connectivity index (χ1v) is 7.05. The van der Waals surface area contributed by atoms with Gasteiger partial charge in [0.25, 0.3) is 0 Å². The molecule has 0 aromatic carbocycles. The molecule has 2 rings (SSSR count). The number of alkyl halides is 1. The zero-order valence-electron chi connectivity index (χ0n) is 8.86. The zero-order valence-corrected chi connectivity index (χ0v) is 10.4. The van der Waals surface area contributed by atoms with Crippen LogP contribution in [0.25, 0.3) is 0 Å². The highest BCUT2D eigenvalue weighted by Crippen LogP contribution is 2.28. The predicted octanol–water partition coefficient (Wildman–Crippen LogP) is 3.52. The highest BCUT2D eigenvalue weighted by atomic mass is 35.5. The summed E-state index contributed by atoms with van der Waals surface area (Å²) in [6.07, 6.45) is 8.59. The van der Waals surface area contributed by atoms with Crippen LogP contribution in [-0.4, -0.2) is 23.5 Å². The average Bonchev–Trinajstić information content (AvgIpc) is 2.80. The normalized spacial score (nSPS) is 17.9. The molecule has 0 saturated heterocycles. The predicted molar refractivity (Wildman–Crippen MR) is 67.1 cm³/mol. The van der Waals surface area contributed by atoms with Crippen LogP contribution in [-0.2, 0) is 0 Å². The number of hydrogen-bond donors (Lipinski definition) is 0. The average molecular weight is 245 g/mol. The monoisotopic (exact) mass is 244 g/mol. The van der Waals surface area contributed by atoms with Crippen LogP contribution in [0.15, 0.2) is 11.6 Å². The van der Waals surface area contributed by atoms with Crippen LogP contribution < -0.4 is 4.90 Å². The fourth-order valence-electron chi connectivity index (χ4n) is 2.28. The van der Waals surface area contributed by atoms with E-state index in [9.17, 15) is 0 Å². The van der Waals surface area contributed by atoms with Gasteiger partial charge in [0.15, 0.2) is 5.13 Å². The van der Waals surface area contributed by atoms with E-state index in [1.165, 1.54) is 32.1 Å². The summed E-state index contributed by atoms with van der Waals surface area (Å²) >= 11 is 7.59. The zero-order chi connectivity index (χ0) is 10.5. The topological polar surface area (TPSA) is 16.1 Å². The molecule has 1 heterocycles. The van der Waals surface area contributed by atoms with E-state index < -0.39 is 0 Å². The molecule has 0 aliphatic heterocycles. The largest absolute Gasteiger partial charge is 0.344 e. The molecule has 0 spiro atoms. The van der Waals surface area contributed by atoms with Crippen LogP contribution in [0, 0.1) is 0 Å². The van der Waals surface area contributed by atoms with E-state index in [2.05, 4.69) is 9.88 Å². The summed E-state index contributed by atoms with van der Waals surface area (Å²) in [6, 6.07) is 0.670. The minimum Gasteiger partial charge on any atom is -0.344 e. The van der Waals surface area contributed by atoms with Gasteiger partial charge in [0.2, 0.25) is 0 Å². The van der Waals surface area contributed by atoms with Crippen molar-refractivity contribution < 1.29 is 0 Å². The summed E-state index contributed by atoms with van der Waals surface area (Å²) in [7, 11) is 0. The fraction of sp³-hybridized carbons (Fsp3) is 0.727. The molecule has 1 aliphatic carbocycles. The van der Waals surface area contributed by atoms with E-state index in [4.69, 9.17) is 11.6 Å². The lowest BCUT2D eigenvalue weighted by molar-refractivity contribution is 0.418. The lowest BCUT2D eigenvalue weighted by Crippen LogP contribution is -2.38. The van der Waals surface area contributed by atoms with Crippen LogP contribution in [0.4, 0.5) is 5.13 Å². The summed E-state index contributed by atoms with van der Waals surface area (Å²) in [5, 5.41) is 3.18. The highest BCUT2D eigenvalue weighted by Gasteiger charge is 2.22. The lowest BCUT2D eigenvalue weighted by Gasteiger charge is -2.33. The Bertz CT molecular complexity index is 270. The lowest BCUT2D eigenvalue weighted by atomic mass is 9.94. The molecular formula is C11H17ClN2S. The van der Waals surface area contributed by atoms with Crippen molar-refractivity contribution in [3.05, 3.63) is 11.6 Å². The van der Waals surface area contributed by atoms with Crippen LogP contribution in [0.1, 0.15) is 32.1 Å². The molecule has 0 radical (unpaired) electrons. The molecule has 1 fully saturated rings. The second kappa shape index (κ2) is 5.71. The molecule has 4 heteroatoms. The Morgan fingerprint density at radius 3 is 2.80 bits per heavy atom. The van der Waals surface area contributed by atoms with Gasteiger partial charge in [0.1, 0.15) is 0 Å². The number of thiazole rings is 1. The van der Waals surface area contributed by atoms with Crippen LogP contribution in [0.3, 0.4) is 0 Å². The molecule has 0 atom stereocenters. The Morgan fingerprint density at radius 2 is 2.20 bits per heavy atom. The van der Waals surface area contributed by atoms with Gasteiger partial charge < -0.3 is 4.90 Å². The van der Waals surface area contributed by atoms with E-state index >= 15 is 0 Å². The van der Waals surface area contributed by atoms with Gasteiger partial charge in [-0.05, 0) is 12.8 Å². The minimum absolute atomic E-state index is 0.670. The van der Waals surface area contributed by atoms with Crippen molar-refractivity contribution in [2.24, 2.45) is 0 Å². The summed E-state index contributed by atoms with van der Waals surface area (Å²) in [4.78, 5) is 6.80. The third-order valence-corrected chi connectivity index (χ3v) is 3.98. The number of hydrogen-bond acceptors (Lipinski definition) is 3. The van der Waals surface area contributed by atoms with Gasteiger partial charge in [-0.3, -0.25) is 0 Å². The molecule has 0 amide bonds. The van der Waals surface area contributed by atoms with Crippen molar-refractivity contribution in [1.82, 2.24) is 4.98 Å². The standard InChI is InChI=1S/C11H17ClN2S/c12-6-8-14(11-13-7-9-15-11)10-4-2-1-3-5-10/h7,9-10H,1-6,8H2. The minimum atomic E-state index is 0.670. The Balaban J connectivity index is 2.04. The maximum absolute atomic E-state index is 5.87. The van der Waals surface area contributed by atoms with Crippen LogP contribution in [0.2, 0.25) is 0 Å². The Labute approximate surface area is 100 Å². The number of anilines is 1. The van der Waals surface area contributed by atoms with Gasteiger partial charge in [-0.1, -0.05) is 19.3 Å². The molecule has 0 bridgehead atoms. The van der Waals surface area contributed by atoms with E-state index in [0.717, 1.165) is 11.7 Å². The molecule has 15 heavy (non-hydrogen) atoms. The summed E-state index contributed by atoms with van der Waals surface area (Å²) in [6.45, 7) is 0.930. The number of nitrogens with zero attached hydrogens (tertiary/aromatic N) is 2. The maximum Gasteiger partial charge on any atom is 0.185 e. The molecule has 84 valence electrons. The van der Waals surface area contributed by atoms with Crippen LogP contribution in [0.5, 0.6) is 0 Å². The van der Waals surface area contributed by atoms with E-state index in [1.54, 1.807) is 11.3 Å². The third kappa shape index (κ3) is 2.85. The molecule has 2 nitrogen and oxygen atoms in total. The fourth-order valence-corrected chi connectivity index (χ4v) is 3.20. The number of rotatable bonds is 4. The summed E-state index contributed by atoms with van der Waals surface area (Å²) < 4.78 is 0. The van der Waals surface area contributed by atoms with Crippen molar-refractivity contribution in [3.8, 4) is 0 Å². The second-order valence-corrected chi connectivity index (χ2v) is 5.24. The van der Waals surface area contributed by atoms with Crippen LogP contribution >= 0.6 is 22.9 Å². The Hall–Kier alpha value is -0.280. The first-order valence-electron chi connectivity index (χ1n) is 5.64. The molecule has 1 saturated carbocycles. The first-order chi connectivity index (χ1) is 7.42. The molecule has 1 aromatic heterocycles. The smallest absolute Gasteiger partial charge is 0.185 e. The maximum atomic E-state index is 5.87. The van der Waals surface area contributed by atoms with Gasteiger partial charge in [-0.25, -0.2) is 4.98 Å². The molecule has 0 N–H and O–H groups in total. The Kier molecular flexibility index (Phi) is 4.27. The second-order valence-electron chi connectivity index (χ2n) is 3.99. The SMILES string of the molecule is ClCCN(c1nccs1)C1CCCCC1. The summed E-state index contributed by atoms with van der Waals surface area (Å²) in [5.41, 5.74) is 0. The Morgan fingerprint density at radius 1 is 1.40 bits per heavy atom. The van der Waals surface area contributed by atoms with Crippen molar-refractivity contribution in [1.29, 1.82) is 0 Å². The number of halogens is 1. The number of aromatic nitrogens is 1. The molecular weight excluding hydrogens is 228 g/mol. The van der Waals surface area contributed by atoms with Gasteiger partial charge >= 0.3 is 0 Å². The van der Waals surface area contributed by atoms with E-state index in [0.29, 0.717) is 11.9 Å². The van der Waals surface area contributed by atoms with Gasteiger partial charge in [0, 0.05) is 30.0 Å². The first kappa shape index (κ1) is 11.2. The molecule has 1 aromatic rings. The third-order valence-electron chi connectivity index (χ3n) is 3.01. The highest BCUT2D eigenvalue weighted by molar-refractivity contribution is 7.13. The summed E-state index contributed by atoms with van der Waals surface area (Å²) in [5.74, 6) is 0.691. The van der Waals surface area contributed by atoms with Gasteiger partial charge in [0.05, 0.1) is 0 Å².